The largest absolute Gasteiger partial charge is 0.399 e. The summed E-state index contributed by atoms with van der Waals surface area (Å²) in [6.07, 6.45) is 14.5. The molecule has 0 aromatic heterocycles. The number of quaternary nitrogens is 2. The Morgan fingerprint density at radius 3 is 2.09 bits per heavy atom. The van der Waals surface area contributed by atoms with Crippen molar-refractivity contribution in [1.82, 2.24) is 5.32 Å². The molecule has 3 aromatic carbocycles. The number of fused-ring (bicyclic) bond motifs is 2. The second-order valence-corrected chi connectivity index (χ2v) is 24.1. The van der Waals surface area contributed by atoms with Gasteiger partial charge < -0.3 is 29.5 Å². The lowest BCUT2D eigenvalue weighted by Gasteiger charge is -2.29. The van der Waals surface area contributed by atoms with E-state index in [1.54, 1.807) is 12.1 Å². The van der Waals surface area contributed by atoms with E-state index in [9.17, 15) is 21.7 Å². The molecule has 13 heteroatoms. The van der Waals surface area contributed by atoms with Crippen molar-refractivity contribution in [3.63, 3.8) is 0 Å². The van der Waals surface area contributed by atoms with E-state index in [2.05, 4.69) is 127 Å². The average molecular weight is 914 g/mol. The molecule has 0 saturated carbocycles. The first-order chi connectivity index (χ1) is 29.7. The highest BCUT2D eigenvalue weighted by Crippen LogP contribution is 2.49. The molecule has 2 heterocycles. The van der Waals surface area contributed by atoms with E-state index in [-0.39, 0.29) is 4.90 Å². The van der Waals surface area contributed by atoms with Gasteiger partial charge in [-0.25, -0.2) is 4.21 Å². The number of hydrogen-bond donors (Lipinski definition) is 4. The van der Waals surface area contributed by atoms with Crippen LogP contribution < -0.4 is 16.0 Å². The predicted molar refractivity (Wildman–Crippen MR) is 266 cm³/mol. The fraction of sp³-hybridized carbons (Fsp3) is 0.451. The number of benzene rings is 3. The van der Waals surface area contributed by atoms with Crippen molar-refractivity contribution in [2.75, 3.05) is 85.6 Å². The molecular formula is C51H73N6O5S2+3. The topological polar surface area (TPSA) is 136 Å². The number of nitrogen functional groups attached to an aromatic ring is 1. The van der Waals surface area contributed by atoms with Crippen LogP contribution in [0.15, 0.2) is 117 Å². The molecule has 11 nitrogen and oxygen atoms in total. The minimum atomic E-state index is -4.39. The van der Waals surface area contributed by atoms with Gasteiger partial charge in [0.1, 0.15) is 9.80 Å². The second-order valence-electron chi connectivity index (χ2n) is 20.9. The quantitative estimate of drug-likeness (QED) is 0.0352. The fourth-order valence-electron chi connectivity index (χ4n) is 9.42. The maximum Gasteiger partial charge on any atom is 0.294 e. The van der Waals surface area contributed by atoms with Crippen LogP contribution in [0.1, 0.15) is 76.5 Å². The van der Waals surface area contributed by atoms with Crippen LogP contribution in [0.2, 0.25) is 0 Å². The average Bonchev–Trinajstić information content (AvgIpc) is 3.53. The zero-order valence-electron chi connectivity index (χ0n) is 39.9. The monoisotopic (exact) mass is 914 g/mol. The van der Waals surface area contributed by atoms with E-state index in [1.165, 1.54) is 22.8 Å². The summed E-state index contributed by atoms with van der Waals surface area (Å²) >= 11 is 0. The first-order valence-electron chi connectivity index (χ1n) is 22.5. The van der Waals surface area contributed by atoms with Gasteiger partial charge in [-0.2, -0.15) is 13.0 Å². The molecule has 346 valence electrons. The van der Waals surface area contributed by atoms with E-state index in [0.29, 0.717) is 4.90 Å². The molecule has 2 aliphatic heterocycles. The molecule has 0 radical (unpaired) electrons. The van der Waals surface area contributed by atoms with Gasteiger partial charge in [-0.3, -0.25) is 4.55 Å². The molecule has 3 aliphatic rings. The van der Waals surface area contributed by atoms with Crippen molar-refractivity contribution < 1.29 is 35.3 Å². The summed E-state index contributed by atoms with van der Waals surface area (Å²) in [5, 5.41) is 3.88. The summed E-state index contributed by atoms with van der Waals surface area (Å²) in [6.45, 7) is 12.9. The van der Waals surface area contributed by atoms with E-state index in [1.807, 2.05) is 30.3 Å². The number of hydrogen-bond acceptors (Lipinski definition) is 6. The smallest absolute Gasteiger partial charge is 0.294 e. The first-order valence-corrected chi connectivity index (χ1v) is 25.6. The molecular weight excluding hydrogens is 841 g/mol. The van der Waals surface area contributed by atoms with Gasteiger partial charge in [-0.1, -0.05) is 38.1 Å². The third-order valence-corrected chi connectivity index (χ3v) is 14.8. The zero-order chi connectivity index (χ0) is 47.0. The summed E-state index contributed by atoms with van der Waals surface area (Å²) in [5.41, 5.74) is 16.6. The second kappa shape index (κ2) is 18.4. The fourth-order valence-corrected chi connectivity index (χ4v) is 10.5. The van der Waals surface area contributed by atoms with Crippen molar-refractivity contribution >= 4 is 48.6 Å². The predicted octanol–water partition coefficient (Wildman–Crippen LogP) is 8.07. The molecule has 0 amide bonds. The van der Waals surface area contributed by atoms with Crippen LogP contribution in [0, 0.1) is 0 Å². The van der Waals surface area contributed by atoms with Crippen LogP contribution in [0.3, 0.4) is 0 Å². The van der Waals surface area contributed by atoms with Gasteiger partial charge in [0.2, 0.25) is 5.69 Å². The molecule has 64 heavy (non-hydrogen) atoms. The summed E-state index contributed by atoms with van der Waals surface area (Å²) < 4.78 is 62.0. The van der Waals surface area contributed by atoms with Gasteiger partial charge in [-0.05, 0) is 116 Å². The Kier molecular flexibility index (Phi) is 14.1. The molecule has 0 spiro atoms. The Hall–Kier alpha value is -4.50. The van der Waals surface area contributed by atoms with Gasteiger partial charge in [-0.15, -0.1) is 0 Å². The van der Waals surface area contributed by atoms with Gasteiger partial charge in [0.25, 0.3) is 10.1 Å². The van der Waals surface area contributed by atoms with Crippen molar-refractivity contribution in [3.05, 3.63) is 124 Å². The molecule has 1 aliphatic carbocycles. The number of nitrogens with one attached hydrogen (secondary N) is 1. The lowest BCUT2D eigenvalue weighted by molar-refractivity contribution is -0.871. The van der Waals surface area contributed by atoms with Crippen molar-refractivity contribution in [2.24, 2.45) is 0 Å². The molecule has 0 saturated heterocycles. The first kappa shape index (κ1) is 48.9. The van der Waals surface area contributed by atoms with Gasteiger partial charge >= 0.3 is 0 Å². The van der Waals surface area contributed by atoms with E-state index in [0.717, 1.165) is 126 Å². The molecule has 5 N–H and O–H groups in total. The van der Waals surface area contributed by atoms with Crippen LogP contribution in [0.4, 0.5) is 17.1 Å². The molecule has 0 fully saturated rings. The van der Waals surface area contributed by atoms with E-state index >= 15 is 0 Å². The molecule has 1 unspecified atom stereocenters. The number of anilines is 2. The SMILES string of the molecule is C=S(=O)(O)c1ccc2c(c1)C(C)(C)C(C=CC1=C(NCCc3ccc(N)cc3)C(=CC=C3N(CCC[N+](C)(C)C)c4ccc(S(=O)(=O)O)cc4C3(C)C)CCC1)=[N+]2CCC[N+](C)(C)C. The Labute approximate surface area is 384 Å². The van der Waals surface area contributed by atoms with Crippen LogP contribution in [0.5, 0.6) is 0 Å². The third-order valence-electron chi connectivity index (χ3n) is 12.9. The lowest BCUT2D eigenvalue weighted by Crippen LogP contribution is -2.37. The van der Waals surface area contributed by atoms with Crippen molar-refractivity contribution in [2.45, 2.75) is 86.8 Å². The van der Waals surface area contributed by atoms with Crippen LogP contribution in [0.25, 0.3) is 0 Å². The number of rotatable bonds is 17. The summed E-state index contributed by atoms with van der Waals surface area (Å²) in [7, 11) is 5.41. The van der Waals surface area contributed by atoms with Crippen molar-refractivity contribution in [1.29, 1.82) is 0 Å². The zero-order valence-corrected chi connectivity index (χ0v) is 41.5. The van der Waals surface area contributed by atoms with Gasteiger partial charge in [0.15, 0.2) is 12.3 Å². The summed E-state index contributed by atoms with van der Waals surface area (Å²) in [5.74, 6) is 3.57. The van der Waals surface area contributed by atoms with Crippen LogP contribution in [-0.4, -0.2) is 122 Å². The maximum absolute atomic E-state index is 12.8. The Morgan fingerprint density at radius 1 is 0.812 bits per heavy atom. The molecule has 0 bridgehead atoms. The van der Waals surface area contributed by atoms with Gasteiger partial charge in [0, 0.05) is 65.4 Å². The van der Waals surface area contributed by atoms with Crippen molar-refractivity contribution in [3.8, 4) is 0 Å². The molecule has 6 rings (SSSR count). The van der Waals surface area contributed by atoms with Gasteiger partial charge in [0.05, 0.1) is 77.0 Å². The van der Waals surface area contributed by atoms with E-state index in [4.69, 9.17) is 5.73 Å². The highest BCUT2D eigenvalue weighted by Gasteiger charge is 2.45. The summed E-state index contributed by atoms with van der Waals surface area (Å²) in [4.78, 5) is 2.57. The Balaban J connectivity index is 1.45. The third kappa shape index (κ3) is 11.3. The van der Waals surface area contributed by atoms with Crippen LogP contribution in [-0.2, 0) is 37.2 Å². The molecule has 3 aromatic rings. The minimum absolute atomic E-state index is 0.0985. The normalized spacial score (nSPS) is 19.8. The lowest BCUT2D eigenvalue weighted by atomic mass is 9.81. The number of nitrogens with two attached hydrogens (primary N) is 1. The minimum Gasteiger partial charge on any atom is -0.399 e. The molecule has 1 atom stereocenters. The highest BCUT2D eigenvalue weighted by molar-refractivity contribution is 7.95. The Bertz CT molecular complexity index is 2640. The standard InChI is InChI=1S/C51H70N6O5S2/c1-50(2)43-35-41(63(11,58)59)23-25-45(43)54(31-13-33-56(5,6)7)47(50)27-19-38-15-12-16-39(49(38)53-30-29-37-17-21-40(52)22-18-37)20-28-48-51(3,4)44-36-42(64(60,61)62)24-26-46(44)55(48)32-14-34-57(8,9)10/h17-28,35-36H,11-16,29-34,52H2,1-10H3/p+3. The maximum atomic E-state index is 12.8. The highest BCUT2D eigenvalue weighted by atomic mass is 32.2. The Morgan fingerprint density at radius 2 is 1.45 bits per heavy atom. The number of allylic oxidation sites excluding steroid dienone is 7. The summed E-state index contributed by atoms with van der Waals surface area (Å²) in [6, 6.07) is 18.6. The number of nitrogens with zero attached hydrogens (tertiary/aromatic N) is 4. The van der Waals surface area contributed by atoms with E-state index < -0.39 is 30.8 Å². The van der Waals surface area contributed by atoms with Crippen LogP contribution >= 0.6 is 0 Å².